The number of aromatic nitrogens is 2. The highest BCUT2D eigenvalue weighted by Gasteiger charge is 2.04. The second kappa shape index (κ2) is 6.55. The molecule has 0 fully saturated rings. The summed E-state index contributed by atoms with van der Waals surface area (Å²) < 4.78 is 6.63. The predicted molar refractivity (Wildman–Crippen MR) is 57.7 cm³/mol. The molecule has 1 unspecified atom stereocenters. The quantitative estimate of drug-likeness (QED) is 0.615. The van der Waals surface area contributed by atoms with Crippen molar-refractivity contribution in [2.45, 2.75) is 19.6 Å². The van der Waals surface area contributed by atoms with Crippen LogP contribution < -0.4 is 5.32 Å². The van der Waals surface area contributed by atoms with Crippen LogP contribution in [0.1, 0.15) is 5.56 Å². The highest BCUT2D eigenvalue weighted by atomic mass is 16.5. The predicted octanol–water partition coefficient (Wildman–Crippen LogP) is -0.212. The van der Waals surface area contributed by atoms with Crippen LogP contribution >= 0.6 is 0 Å². The molecule has 1 rings (SSSR count). The van der Waals surface area contributed by atoms with Gasteiger partial charge in [0.2, 0.25) is 0 Å². The van der Waals surface area contributed by atoms with Crippen LogP contribution in [0.2, 0.25) is 0 Å². The molecule has 0 aliphatic carbocycles. The largest absolute Gasteiger partial charge is 0.390 e. The van der Waals surface area contributed by atoms with Crippen molar-refractivity contribution in [2.24, 2.45) is 0 Å². The molecular weight excluding hydrogens is 194 g/mol. The molecule has 0 saturated carbocycles. The molecule has 0 aliphatic heterocycles. The molecule has 1 aromatic rings. The zero-order valence-electron chi connectivity index (χ0n) is 9.31. The highest BCUT2D eigenvalue weighted by molar-refractivity contribution is 4.99. The highest BCUT2D eigenvalue weighted by Crippen LogP contribution is 1.95. The number of aliphatic hydroxyl groups is 1. The van der Waals surface area contributed by atoms with E-state index >= 15 is 0 Å². The van der Waals surface area contributed by atoms with E-state index in [0.29, 0.717) is 19.7 Å². The van der Waals surface area contributed by atoms with Crippen molar-refractivity contribution in [3.63, 3.8) is 0 Å². The maximum atomic E-state index is 9.65. The topological polar surface area (TPSA) is 59.3 Å². The second-order valence-corrected chi connectivity index (χ2v) is 3.59. The Balaban J connectivity index is 2.15. The van der Waals surface area contributed by atoms with E-state index in [0.717, 1.165) is 12.1 Å². The summed E-state index contributed by atoms with van der Waals surface area (Å²) in [5.41, 5.74) is 1.11. The summed E-state index contributed by atoms with van der Waals surface area (Å²) in [7, 11) is 1.66. The summed E-state index contributed by atoms with van der Waals surface area (Å²) in [4.78, 5) is 0. The first-order valence-electron chi connectivity index (χ1n) is 5.09. The first-order valence-corrected chi connectivity index (χ1v) is 5.09. The fourth-order valence-electron chi connectivity index (χ4n) is 1.29. The number of hydrogen-bond donors (Lipinski definition) is 2. The minimum atomic E-state index is -0.416. The van der Waals surface area contributed by atoms with Crippen molar-refractivity contribution in [2.75, 3.05) is 26.8 Å². The van der Waals surface area contributed by atoms with Crippen molar-refractivity contribution in [1.82, 2.24) is 15.1 Å². The molecular formula is C10H19N3O2. The van der Waals surface area contributed by atoms with Crippen LogP contribution in [0.5, 0.6) is 0 Å². The van der Waals surface area contributed by atoms with Crippen LogP contribution in [0.15, 0.2) is 12.4 Å². The first kappa shape index (κ1) is 12.2. The Kier molecular flexibility index (Phi) is 5.31. The summed E-state index contributed by atoms with van der Waals surface area (Å²) in [5, 5.41) is 16.8. The third-order valence-corrected chi connectivity index (χ3v) is 2.02. The molecule has 1 atom stereocenters. The van der Waals surface area contributed by atoms with E-state index in [1.807, 2.05) is 13.1 Å². The fraction of sp³-hybridized carbons (Fsp3) is 0.700. The summed E-state index contributed by atoms with van der Waals surface area (Å²) >= 11 is 0. The molecule has 0 aromatic carbocycles. The van der Waals surface area contributed by atoms with E-state index in [9.17, 15) is 5.11 Å². The van der Waals surface area contributed by atoms with E-state index in [1.54, 1.807) is 18.0 Å². The van der Waals surface area contributed by atoms with Crippen LogP contribution in [-0.4, -0.2) is 47.8 Å². The number of nitrogens with one attached hydrogen (secondary N) is 1. The van der Waals surface area contributed by atoms with Gasteiger partial charge in [-0.1, -0.05) is 0 Å². The van der Waals surface area contributed by atoms with Gasteiger partial charge >= 0.3 is 0 Å². The number of ether oxygens (including phenoxy) is 1. The molecule has 5 heteroatoms. The first-order chi connectivity index (χ1) is 7.22. The van der Waals surface area contributed by atoms with Crippen LogP contribution in [-0.2, 0) is 11.3 Å². The number of rotatable bonds is 7. The van der Waals surface area contributed by atoms with Gasteiger partial charge in [0.1, 0.15) is 0 Å². The average molecular weight is 213 g/mol. The van der Waals surface area contributed by atoms with Gasteiger partial charge in [-0.05, 0) is 12.5 Å². The van der Waals surface area contributed by atoms with Gasteiger partial charge < -0.3 is 15.2 Å². The van der Waals surface area contributed by atoms with Gasteiger partial charge in [0.05, 0.1) is 25.5 Å². The molecule has 5 nitrogen and oxygen atoms in total. The third-order valence-electron chi connectivity index (χ3n) is 2.02. The minimum absolute atomic E-state index is 0.416. The summed E-state index contributed by atoms with van der Waals surface area (Å²) in [5.74, 6) is 0. The molecule has 0 amide bonds. The smallest absolute Gasteiger partial charge is 0.0860 e. The van der Waals surface area contributed by atoms with Crippen molar-refractivity contribution in [3.05, 3.63) is 18.0 Å². The van der Waals surface area contributed by atoms with Crippen LogP contribution in [0.4, 0.5) is 0 Å². The van der Waals surface area contributed by atoms with Crippen molar-refractivity contribution in [3.8, 4) is 0 Å². The standard InChI is InChI=1S/C10H19N3O2/c1-9-5-12-13(7-9)8-10(14)6-11-3-4-15-2/h5,7,10-11,14H,3-4,6,8H2,1-2H3. The van der Waals surface area contributed by atoms with Crippen molar-refractivity contribution in [1.29, 1.82) is 0 Å². The minimum Gasteiger partial charge on any atom is -0.390 e. The monoisotopic (exact) mass is 213 g/mol. The lowest BCUT2D eigenvalue weighted by Gasteiger charge is -2.11. The number of nitrogens with zero attached hydrogens (tertiary/aromatic N) is 2. The Hall–Kier alpha value is -0.910. The molecule has 0 spiro atoms. The lowest BCUT2D eigenvalue weighted by atomic mass is 10.3. The van der Waals surface area contributed by atoms with E-state index in [-0.39, 0.29) is 0 Å². The Morgan fingerprint density at radius 2 is 2.47 bits per heavy atom. The van der Waals surface area contributed by atoms with Crippen molar-refractivity contribution >= 4 is 0 Å². The van der Waals surface area contributed by atoms with Crippen LogP contribution in [0.25, 0.3) is 0 Å². The third kappa shape index (κ3) is 4.92. The zero-order valence-corrected chi connectivity index (χ0v) is 9.31. The van der Waals surface area contributed by atoms with Gasteiger partial charge in [0.25, 0.3) is 0 Å². The molecule has 86 valence electrons. The summed E-state index contributed by atoms with van der Waals surface area (Å²) in [6.07, 6.45) is 3.28. The summed E-state index contributed by atoms with van der Waals surface area (Å²) in [6.45, 7) is 4.47. The number of hydrogen-bond acceptors (Lipinski definition) is 4. The Morgan fingerprint density at radius 3 is 3.07 bits per heavy atom. The summed E-state index contributed by atoms with van der Waals surface area (Å²) in [6, 6.07) is 0. The van der Waals surface area contributed by atoms with Gasteiger partial charge in [-0.25, -0.2) is 0 Å². The van der Waals surface area contributed by atoms with Crippen molar-refractivity contribution < 1.29 is 9.84 Å². The van der Waals surface area contributed by atoms with Crippen LogP contribution in [0, 0.1) is 6.92 Å². The fourth-order valence-corrected chi connectivity index (χ4v) is 1.29. The lowest BCUT2D eigenvalue weighted by molar-refractivity contribution is 0.140. The van der Waals surface area contributed by atoms with Crippen LogP contribution in [0.3, 0.4) is 0 Å². The van der Waals surface area contributed by atoms with Gasteiger partial charge in [-0.3, -0.25) is 4.68 Å². The maximum absolute atomic E-state index is 9.65. The van der Waals surface area contributed by atoms with E-state index in [4.69, 9.17) is 4.74 Å². The van der Waals surface area contributed by atoms with Gasteiger partial charge in [0, 0.05) is 26.4 Å². The normalized spacial score (nSPS) is 13.0. The second-order valence-electron chi connectivity index (χ2n) is 3.59. The van der Waals surface area contributed by atoms with E-state index in [1.165, 1.54) is 0 Å². The number of methoxy groups -OCH3 is 1. The van der Waals surface area contributed by atoms with Gasteiger partial charge in [-0.2, -0.15) is 5.10 Å². The molecule has 15 heavy (non-hydrogen) atoms. The lowest BCUT2D eigenvalue weighted by Crippen LogP contribution is -2.32. The van der Waals surface area contributed by atoms with Gasteiger partial charge in [0.15, 0.2) is 0 Å². The van der Waals surface area contributed by atoms with Gasteiger partial charge in [-0.15, -0.1) is 0 Å². The molecule has 0 bridgehead atoms. The SMILES string of the molecule is COCCNCC(O)Cn1cc(C)cn1. The number of aryl methyl sites for hydroxylation is 1. The number of aliphatic hydroxyl groups excluding tert-OH is 1. The molecule has 0 saturated heterocycles. The molecule has 2 N–H and O–H groups in total. The molecule has 1 aromatic heterocycles. The maximum Gasteiger partial charge on any atom is 0.0860 e. The Labute approximate surface area is 90.1 Å². The molecule has 0 radical (unpaired) electrons. The van der Waals surface area contributed by atoms with E-state index in [2.05, 4.69) is 10.4 Å². The average Bonchev–Trinajstić information content (AvgIpc) is 2.59. The Bertz CT molecular complexity index is 275. The molecule has 0 aliphatic rings. The molecule has 1 heterocycles. The Morgan fingerprint density at radius 1 is 1.67 bits per heavy atom. The zero-order chi connectivity index (χ0) is 11.1. The van der Waals surface area contributed by atoms with E-state index < -0.39 is 6.10 Å².